The second kappa shape index (κ2) is 12.0. The zero-order valence-electron chi connectivity index (χ0n) is 21.5. The van der Waals surface area contributed by atoms with Gasteiger partial charge in [-0.3, -0.25) is 9.59 Å². The summed E-state index contributed by atoms with van der Waals surface area (Å²) in [6.07, 6.45) is 0.367. The molecule has 0 heterocycles. The van der Waals surface area contributed by atoms with Crippen molar-refractivity contribution in [2.45, 2.75) is 39.8 Å². The van der Waals surface area contributed by atoms with Gasteiger partial charge in [0.1, 0.15) is 18.3 Å². The number of hydrogen-bond acceptors (Lipinski definition) is 5. The molecule has 10 heteroatoms. The molecule has 0 saturated heterocycles. The van der Waals surface area contributed by atoms with E-state index in [2.05, 4.69) is 5.32 Å². The molecule has 0 aliphatic heterocycles. The number of nitrogens with zero attached hydrogens (tertiary/aromatic N) is 3. The molecule has 9 nitrogen and oxygen atoms in total. The summed E-state index contributed by atoms with van der Waals surface area (Å²) in [4.78, 5) is 27.8. The van der Waals surface area contributed by atoms with Crippen molar-refractivity contribution in [3.8, 4) is 5.75 Å². The van der Waals surface area contributed by atoms with Gasteiger partial charge in [-0.05, 0) is 55.2 Å². The standard InChI is InChI=1S/C25H36N4O5S/c1-8-22(25(31)26-4)28(16-20-11-13-21(34-7)14-12-20)24(30)17-29(35(32,33)27(5)6)23-15-18(2)9-10-19(23)3/h9-15,22H,8,16-17H2,1-7H3,(H,26,31). The summed E-state index contributed by atoms with van der Waals surface area (Å²) in [5.41, 5.74) is 2.79. The lowest BCUT2D eigenvalue weighted by molar-refractivity contribution is -0.140. The summed E-state index contributed by atoms with van der Waals surface area (Å²) in [7, 11) is 1.93. The number of carbonyl (C=O) groups excluding carboxylic acids is 2. The topological polar surface area (TPSA) is 99.3 Å². The SMILES string of the molecule is CCC(C(=O)NC)N(Cc1ccc(OC)cc1)C(=O)CN(c1cc(C)ccc1C)S(=O)(=O)N(C)C. The molecule has 1 atom stereocenters. The molecule has 0 bridgehead atoms. The molecule has 2 rings (SSSR count). The maximum atomic E-state index is 13.7. The lowest BCUT2D eigenvalue weighted by atomic mass is 10.1. The highest BCUT2D eigenvalue weighted by Gasteiger charge is 2.34. The Hall–Kier alpha value is -3.11. The van der Waals surface area contributed by atoms with Crippen molar-refractivity contribution in [2.24, 2.45) is 0 Å². The fraction of sp³-hybridized carbons (Fsp3) is 0.440. The van der Waals surface area contributed by atoms with E-state index in [0.29, 0.717) is 23.4 Å². The number of methoxy groups -OCH3 is 1. The number of anilines is 1. The quantitative estimate of drug-likeness (QED) is 0.507. The highest BCUT2D eigenvalue weighted by Crippen LogP contribution is 2.26. The van der Waals surface area contributed by atoms with Gasteiger partial charge in [-0.15, -0.1) is 0 Å². The average molecular weight is 505 g/mol. The van der Waals surface area contributed by atoms with Crippen LogP contribution < -0.4 is 14.4 Å². The zero-order valence-corrected chi connectivity index (χ0v) is 22.3. The molecule has 1 unspecified atom stereocenters. The molecule has 0 radical (unpaired) electrons. The Bertz CT molecular complexity index is 1130. The van der Waals surface area contributed by atoms with E-state index in [1.807, 2.05) is 38.1 Å². The number of likely N-dealkylation sites (N-methyl/N-ethyl adjacent to an activating group) is 1. The third kappa shape index (κ3) is 6.73. The van der Waals surface area contributed by atoms with Crippen LogP contribution in [0.1, 0.15) is 30.0 Å². The molecule has 1 N–H and O–H groups in total. The minimum Gasteiger partial charge on any atom is -0.497 e. The fourth-order valence-corrected chi connectivity index (χ4v) is 4.82. The van der Waals surface area contributed by atoms with Gasteiger partial charge in [-0.1, -0.05) is 31.2 Å². The molecule has 2 aromatic rings. The van der Waals surface area contributed by atoms with E-state index in [0.717, 1.165) is 19.7 Å². The lowest BCUT2D eigenvalue weighted by Gasteiger charge is -2.34. The Morgan fingerprint density at radius 2 is 1.69 bits per heavy atom. The van der Waals surface area contributed by atoms with E-state index >= 15 is 0 Å². The van der Waals surface area contributed by atoms with Crippen LogP contribution in [0.15, 0.2) is 42.5 Å². The van der Waals surface area contributed by atoms with Gasteiger partial charge in [0.25, 0.3) is 0 Å². The number of amides is 2. The average Bonchev–Trinajstić information content (AvgIpc) is 2.83. The summed E-state index contributed by atoms with van der Waals surface area (Å²) in [6, 6.07) is 11.9. The van der Waals surface area contributed by atoms with Gasteiger partial charge in [0.2, 0.25) is 11.8 Å². The van der Waals surface area contributed by atoms with Crippen molar-refractivity contribution in [1.82, 2.24) is 14.5 Å². The molecule has 0 spiro atoms. The van der Waals surface area contributed by atoms with Crippen LogP contribution in [0.2, 0.25) is 0 Å². The first kappa shape index (κ1) is 28.1. The van der Waals surface area contributed by atoms with Gasteiger partial charge in [-0.25, -0.2) is 4.31 Å². The molecular weight excluding hydrogens is 468 g/mol. The van der Waals surface area contributed by atoms with Gasteiger partial charge >= 0.3 is 10.2 Å². The first-order valence-corrected chi connectivity index (χ1v) is 12.8. The Morgan fingerprint density at radius 1 is 1.06 bits per heavy atom. The number of benzene rings is 2. The third-order valence-corrected chi connectivity index (χ3v) is 7.60. The maximum Gasteiger partial charge on any atom is 0.304 e. The van der Waals surface area contributed by atoms with E-state index in [9.17, 15) is 18.0 Å². The zero-order chi connectivity index (χ0) is 26.3. The predicted octanol–water partition coefficient (Wildman–Crippen LogP) is 2.48. The molecule has 0 fully saturated rings. The Balaban J connectivity index is 2.53. The molecule has 0 saturated carbocycles. The van der Waals surface area contributed by atoms with Gasteiger partial charge < -0.3 is 15.0 Å². The van der Waals surface area contributed by atoms with Crippen molar-refractivity contribution in [3.05, 3.63) is 59.2 Å². The molecule has 0 aromatic heterocycles. The second-order valence-corrected chi connectivity index (χ2v) is 10.6. The van der Waals surface area contributed by atoms with E-state index in [1.165, 1.54) is 26.0 Å². The Kier molecular flexibility index (Phi) is 9.67. The van der Waals surface area contributed by atoms with Crippen LogP contribution >= 0.6 is 0 Å². The smallest absolute Gasteiger partial charge is 0.304 e. The number of hydrogen-bond donors (Lipinski definition) is 1. The normalized spacial score (nSPS) is 12.2. The summed E-state index contributed by atoms with van der Waals surface area (Å²) in [5, 5.41) is 2.61. The van der Waals surface area contributed by atoms with E-state index in [4.69, 9.17) is 4.74 Å². The van der Waals surface area contributed by atoms with Crippen molar-refractivity contribution in [1.29, 1.82) is 0 Å². The van der Waals surface area contributed by atoms with Gasteiger partial charge in [0, 0.05) is 27.7 Å². The van der Waals surface area contributed by atoms with Gasteiger partial charge in [0.05, 0.1) is 12.8 Å². The van der Waals surface area contributed by atoms with Crippen LogP contribution in [0.25, 0.3) is 0 Å². The first-order chi connectivity index (χ1) is 16.5. The molecule has 2 amide bonds. The van der Waals surface area contributed by atoms with E-state index in [-0.39, 0.29) is 12.5 Å². The summed E-state index contributed by atoms with van der Waals surface area (Å²) >= 11 is 0. The van der Waals surface area contributed by atoms with Crippen LogP contribution in [0.3, 0.4) is 0 Å². The monoisotopic (exact) mass is 504 g/mol. The molecule has 2 aromatic carbocycles. The fourth-order valence-electron chi connectivity index (χ4n) is 3.70. The van der Waals surface area contributed by atoms with E-state index < -0.39 is 28.7 Å². The van der Waals surface area contributed by atoms with Crippen LogP contribution in [0.4, 0.5) is 5.69 Å². The van der Waals surface area contributed by atoms with Crippen molar-refractivity contribution >= 4 is 27.7 Å². The predicted molar refractivity (Wildman–Crippen MR) is 138 cm³/mol. The lowest BCUT2D eigenvalue weighted by Crippen LogP contribution is -2.53. The maximum absolute atomic E-state index is 13.7. The van der Waals surface area contributed by atoms with Crippen LogP contribution in [-0.2, 0) is 26.3 Å². The number of ether oxygens (including phenoxy) is 1. The van der Waals surface area contributed by atoms with Gasteiger partial charge in [0.15, 0.2) is 0 Å². The third-order valence-electron chi connectivity index (χ3n) is 5.80. The highest BCUT2D eigenvalue weighted by atomic mass is 32.2. The first-order valence-electron chi connectivity index (χ1n) is 11.4. The largest absolute Gasteiger partial charge is 0.497 e. The molecule has 0 aliphatic rings. The van der Waals surface area contributed by atoms with Crippen molar-refractivity contribution in [2.75, 3.05) is 39.1 Å². The van der Waals surface area contributed by atoms with E-state index in [1.54, 1.807) is 32.2 Å². The Labute approximate surface area is 208 Å². The number of nitrogens with one attached hydrogen (secondary N) is 1. The molecule has 35 heavy (non-hydrogen) atoms. The van der Waals surface area contributed by atoms with Crippen LogP contribution in [0, 0.1) is 13.8 Å². The van der Waals surface area contributed by atoms with Crippen molar-refractivity contribution < 1.29 is 22.7 Å². The summed E-state index contributed by atoms with van der Waals surface area (Å²) in [6.45, 7) is 5.16. The molecular formula is C25H36N4O5S. The number of carbonyl (C=O) groups is 2. The highest BCUT2D eigenvalue weighted by molar-refractivity contribution is 7.90. The molecule has 192 valence electrons. The summed E-state index contributed by atoms with van der Waals surface area (Å²) in [5.74, 6) is -0.131. The minimum absolute atomic E-state index is 0.136. The minimum atomic E-state index is -4.00. The van der Waals surface area contributed by atoms with Crippen LogP contribution in [0.5, 0.6) is 5.75 Å². The molecule has 0 aliphatic carbocycles. The second-order valence-electron chi connectivity index (χ2n) is 8.49. The van der Waals surface area contributed by atoms with Crippen LogP contribution in [-0.4, -0.2) is 70.3 Å². The number of aryl methyl sites for hydroxylation is 2. The Morgan fingerprint density at radius 3 is 2.20 bits per heavy atom. The summed E-state index contributed by atoms with van der Waals surface area (Å²) < 4.78 is 34.0. The van der Waals surface area contributed by atoms with Gasteiger partial charge in [-0.2, -0.15) is 12.7 Å². The van der Waals surface area contributed by atoms with Crippen molar-refractivity contribution in [3.63, 3.8) is 0 Å². The number of rotatable bonds is 11.